The highest BCUT2D eigenvalue weighted by Crippen LogP contribution is 2.40. The number of hydrogen-bond donors (Lipinski definition) is 1. The number of rotatable bonds is 3. The van der Waals surface area contributed by atoms with Gasteiger partial charge in [0, 0.05) is 12.8 Å². The van der Waals surface area contributed by atoms with E-state index in [-0.39, 0.29) is 12.2 Å². The fourth-order valence-corrected chi connectivity index (χ4v) is 2.07. The van der Waals surface area contributed by atoms with Crippen LogP contribution in [0, 0.1) is 0 Å². The minimum atomic E-state index is -1.83. The van der Waals surface area contributed by atoms with E-state index in [4.69, 9.17) is 4.74 Å². The molecule has 0 aliphatic carbocycles. The summed E-state index contributed by atoms with van der Waals surface area (Å²) < 4.78 is 5.17. The summed E-state index contributed by atoms with van der Waals surface area (Å²) in [5.74, 6) is -0.592. The number of ether oxygens (including phenoxy) is 1. The van der Waals surface area contributed by atoms with Crippen LogP contribution in [0.4, 0.5) is 0 Å². The maximum absolute atomic E-state index is 11.5. The SMILES string of the molecule is CCC(=O)[C@@]1(C)CC(=O)[C@](O)(SC)O1. The van der Waals surface area contributed by atoms with E-state index in [9.17, 15) is 14.7 Å². The molecule has 1 heterocycles. The molecule has 0 bridgehead atoms. The molecule has 80 valence electrons. The quantitative estimate of drug-likeness (QED) is 0.707. The highest BCUT2D eigenvalue weighted by Gasteiger charge is 2.55. The average molecular weight is 218 g/mol. The first-order valence-electron chi connectivity index (χ1n) is 4.42. The first-order chi connectivity index (χ1) is 6.38. The van der Waals surface area contributed by atoms with Gasteiger partial charge >= 0.3 is 0 Å². The molecule has 1 rings (SSSR count). The van der Waals surface area contributed by atoms with Gasteiger partial charge in [0.2, 0.25) is 5.78 Å². The van der Waals surface area contributed by atoms with E-state index in [2.05, 4.69) is 0 Å². The van der Waals surface area contributed by atoms with Crippen molar-refractivity contribution in [3.63, 3.8) is 0 Å². The van der Waals surface area contributed by atoms with E-state index in [1.807, 2.05) is 0 Å². The Bertz CT molecular complexity index is 278. The largest absolute Gasteiger partial charge is 0.351 e. The fourth-order valence-electron chi connectivity index (χ4n) is 1.50. The average Bonchev–Trinajstić information content (AvgIpc) is 2.38. The molecule has 1 aliphatic rings. The number of ketones is 2. The molecule has 0 spiro atoms. The van der Waals surface area contributed by atoms with Gasteiger partial charge in [0.15, 0.2) is 5.78 Å². The number of hydrogen-bond acceptors (Lipinski definition) is 5. The Morgan fingerprint density at radius 1 is 1.71 bits per heavy atom. The van der Waals surface area contributed by atoms with Crippen LogP contribution in [0.3, 0.4) is 0 Å². The van der Waals surface area contributed by atoms with Crippen molar-refractivity contribution in [1.82, 2.24) is 0 Å². The number of carbonyl (C=O) groups is 2. The molecule has 1 aliphatic heterocycles. The van der Waals surface area contributed by atoms with Gasteiger partial charge in [0.25, 0.3) is 5.12 Å². The first kappa shape index (κ1) is 11.7. The molecule has 0 aromatic carbocycles. The topological polar surface area (TPSA) is 63.6 Å². The summed E-state index contributed by atoms with van der Waals surface area (Å²) in [5.41, 5.74) is -1.15. The molecule has 4 nitrogen and oxygen atoms in total. The van der Waals surface area contributed by atoms with E-state index >= 15 is 0 Å². The molecule has 0 radical (unpaired) electrons. The maximum Gasteiger partial charge on any atom is 0.278 e. The minimum Gasteiger partial charge on any atom is -0.351 e. The van der Waals surface area contributed by atoms with E-state index in [0.717, 1.165) is 11.8 Å². The van der Waals surface area contributed by atoms with Crippen molar-refractivity contribution >= 4 is 23.3 Å². The molecule has 0 aromatic heterocycles. The minimum absolute atomic E-state index is 0.0446. The Kier molecular flexibility index (Phi) is 3.04. The van der Waals surface area contributed by atoms with Crippen molar-refractivity contribution in [1.29, 1.82) is 0 Å². The molecule has 14 heavy (non-hydrogen) atoms. The predicted molar refractivity (Wildman–Crippen MR) is 52.9 cm³/mol. The molecule has 1 N–H and O–H groups in total. The van der Waals surface area contributed by atoms with Crippen LogP contribution in [-0.2, 0) is 14.3 Å². The van der Waals surface area contributed by atoms with Crippen LogP contribution in [0.5, 0.6) is 0 Å². The van der Waals surface area contributed by atoms with E-state index < -0.39 is 16.5 Å². The molecule has 0 aromatic rings. The van der Waals surface area contributed by atoms with Crippen molar-refractivity contribution in [3.8, 4) is 0 Å². The number of aliphatic hydroxyl groups is 1. The van der Waals surface area contributed by atoms with Crippen LogP contribution < -0.4 is 0 Å². The molecule has 1 fully saturated rings. The maximum atomic E-state index is 11.5. The lowest BCUT2D eigenvalue weighted by Gasteiger charge is -2.24. The van der Waals surface area contributed by atoms with Crippen molar-refractivity contribution in [3.05, 3.63) is 0 Å². The van der Waals surface area contributed by atoms with Crippen molar-refractivity contribution in [2.24, 2.45) is 0 Å². The summed E-state index contributed by atoms with van der Waals surface area (Å²) in [5, 5.41) is 7.85. The van der Waals surface area contributed by atoms with Gasteiger partial charge in [-0.1, -0.05) is 18.7 Å². The highest BCUT2D eigenvalue weighted by molar-refractivity contribution is 8.00. The molecule has 0 unspecified atom stereocenters. The molecular weight excluding hydrogens is 204 g/mol. The van der Waals surface area contributed by atoms with Gasteiger partial charge in [-0.15, -0.1) is 0 Å². The second-order valence-corrected chi connectivity index (χ2v) is 4.46. The summed E-state index contributed by atoms with van der Waals surface area (Å²) in [4.78, 5) is 22.9. The van der Waals surface area contributed by atoms with Crippen LogP contribution in [0.2, 0.25) is 0 Å². The lowest BCUT2D eigenvalue weighted by molar-refractivity contribution is -0.176. The second kappa shape index (κ2) is 3.64. The normalized spacial score (nSPS) is 37.6. The van der Waals surface area contributed by atoms with E-state index in [0.29, 0.717) is 6.42 Å². The highest BCUT2D eigenvalue weighted by atomic mass is 32.2. The Morgan fingerprint density at radius 3 is 2.64 bits per heavy atom. The summed E-state index contributed by atoms with van der Waals surface area (Å²) in [7, 11) is 0. The monoisotopic (exact) mass is 218 g/mol. The van der Waals surface area contributed by atoms with Crippen LogP contribution in [0.1, 0.15) is 26.7 Å². The van der Waals surface area contributed by atoms with Gasteiger partial charge in [-0.3, -0.25) is 9.59 Å². The molecule has 2 atom stereocenters. The molecule has 1 saturated heterocycles. The second-order valence-electron chi connectivity index (χ2n) is 3.50. The molecular formula is C9H14O4S. The van der Waals surface area contributed by atoms with Crippen LogP contribution in [-0.4, -0.2) is 33.6 Å². The zero-order chi connectivity index (χ0) is 11.0. The van der Waals surface area contributed by atoms with E-state index in [1.165, 1.54) is 0 Å². The third-order valence-electron chi connectivity index (χ3n) is 2.40. The van der Waals surface area contributed by atoms with Gasteiger partial charge < -0.3 is 9.84 Å². The third-order valence-corrected chi connectivity index (χ3v) is 3.27. The summed E-state index contributed by atoms with van der Waals surface area (Å²) in [6, 6.07) is 0. The third kappa shape index (κ3) is 1.71. The van der Waals surface area contributed by atoms with Gasteiger partial charge in [-0.05, 0) is 13.2 Å². The van der Waals surface area contributed by atoms with E-state index in [1.54, 1.807) is 20.1 Å². The van der Waals surface area contributed by atoms with Crippen LogP contribution in [0.25, 0.3) is 0 Å². The molecule has 0 saturated carbocycles. The zero-order valence-corrected chi connectivity index (χ0v) is 9.31. The number of thioether (sulfide) groups is 1. The fraction of sp³-hybridized carbons (Fsp3) is 0.778. The first-order valence-corrected chi connectivity index (χ1v) is 5.64. The Morgan fingerprint density at radius 2 is 2.29 bits per heavy atom. The van der Waals surface area contributed by atoms with Crippen molar-refractivity contribution in [2.45, 2.75) is 37.4 Å². The lowest BCUT2D eigenvalue weighted by atomic mass is 9.95. The Balaban J connectivity index is 2.91. The number of Topliss-reactive ketones (excluding diaryl/α,β-unsaturated/α-hetero) is 2. The summed E-state index contributed by atoms with van der Waals surface area (Å²) in [6.07, 6.45) is 1.82. The van der Waals surface area contributed by atoms with Crippen molar-refractivity contribution in [2.75, 3.05) is 6.26 Å². The van der Waals surface area contributed by atoms with Crippen LogP contribution in [0.15, 0.2) is 0 Å². The van der Waals surface area contributed by atoms with Gasteiger partial charge in [0.1, 0.15) is 5.60 Å². The zero-order valence-electron chi connectivity index (χ0n) is 8.49. The van der Waals surface area contributed by atoms with Gasteiger partial charge in [-0.2, -0.15) is 0 Å². The van der Waals surface area contributed by atoms with Crippen LogP contribution >= 0.6 is 11.8 Å². The number of carbonyl (C=O) groups excluding carboxylic acids is 2. The summed E-state index contributed by atoms with van der Waals surface area (Å²) >= 11 is 0.905. The molecule has 5 heteroatoms. The van der Waals surface area contributed by atoms with Gasteiger partial charge in [-0.25, -0.2) is 0 Å². The summed E-state index contributed by atoms with van der Waals surface area (Å²) in [6.45, 7) is 3.25. The van der Waals surface area contributed by atoms with Crippen molar-refractivity contribution < 1.29 is 19.4 Å². The Hall–Kier alpha value is -0.390. The smallest absolute Gasteiger partial charge is 0.278 e. The lowest BCUT2D eigenvalue weighted by Crippen LogP contribution is -2.38. The molecule has 0 amide bonds. The predicted octanol–water partition coefficient (Wildman–Crippen LogP) is 0.723. The standard InChI is InChI=1S/C9H14O4S/c1-4-6(10)8(2)5-7(11)9(12,13-8)14-3/h12H,4-5H2,1-3H3/t8-,9-/m1/s1. The Labute approximate surface area is 87.0 Å². The van der Waals surface area contributed by atoms with Gasteiger partial charge in [0.05, 0.1) is 0 Å².